The summed E-state index contributed by atoms with van der Waals surface area (Å²) in [5.74, 6) is -1.64. The number of hydrogen-bond acceptors (Lipinski definition) is 2. The van der Waals surface area contributed by atoms with Gasteiger partial charge >= 0.3 is 0 Å². The maximum atomic E-state index is 13.3. The highest BCUT2D eigenvalue weighted by Crippen LogP contribution is 2.21. The predicted octanol–water partition coefficient (Wildman–Crippen LogP) is 2.04. The standard InChI is InChI=1S/C12H14F2N2O/c1-7(12(17)16-8-5-6-8)15-11-9(13)3-2-4-10(11)14/h2-4,7-8,15H,5-6H2,1H3,(H,16,17). The Morgan fingerprint density at radius 3 is 2.47 bits per heavy atom. The zero-order chi connectivity index (χ0) is 12.4. The van der Waals surface area contributed by atoms with Crippen molar-refractivity contribution >= 4 is 11.6 Å². The summed E-state index contributed by atoms with van der Waals surface area (Å²) in [5.41, 5.74) is -0.258. The molecule has 17 heavy (non-hydrogen) atoms. The van der Waals surface area contributed by atoms with Gasteiger partial charge in [-0.05, 0) is 31.9 Å². The minimum atomic E-state index is -0.698. The fourth-order valence-corrected chi connectivity index (χ4v) is 1.47. The molecule has 1 unspecified atom stereocenters. The monoisotopic (exact) mass is 240 g/mol. The molecule has 0 radical (unpaired) electrons. The summed E-state index contributed by atoms with van der Waals surface area (Å²) in [5, 5.41) is 5.32. The second-order valence-corrected chi connectivity index (χ2v) is 4.25. The molecule has 0 aliphatic heterocycles. The summed E-state index contributed by atoms with van der Waals surface area (Å²) in [6.45, 7) is 1.57. The molecule has 2 rings (SSSR count). The van der Waals surface area contributed by atoms with Crippen LogP contribution in [0.2, 0.25) is 0 Å². The smallest absolute Gasteiger partial charge is 0.242 e. The topological polar surface area (TPSA) is 41.1 Å². The lowest BCUT2D eigenvalue weighted by atomic mass is 10.2. The van der Waals surface area contributed by atoms with E-state index in [0.717, 1.165) is 25.0 Å². The number of anilines is 1. The Morgan fingerprint density at radius 1 is 1.35 bits per heavy atom. The van der Waals surface area contributed by atoms with Crippen molar-refractivity contribution in [1.29, 1.82) is 0 Å². The first-order chi connectivity index (χ1) is 8.08. The molecule has 0 saturated heterocycles. The summed E-state index contributed by atoms with van der Waals surface area (Å²) in [6.07, 6.45) is 1.96. The minimum absolute atomic E-state index is 0.234. The van der Waals surface area contributed by atoms with E-state index in [-0.39, 0.29) is 17.6 Å². The summed E-state index contributed by atoms with van der Waals surface area (Å²) >= 11 is 0. The van der Waals surface area contributed by atoms with E-state index < -0.39 is 17.7 Å². The molecule has 3 nitrogen and oxygen atoms in total. The third kappa shape index (κ3) is 2.93. The van der Waals surface area contributed by atoms with E-state index >= 15 is 0 Å². The lowest BCUT2D eigenvalue weighted by molar-refractivity contribution is -0.121. The highest BCUT2D eigenvalue weighted by atomic mass is 19.1. The lowest BCUT2D eigenvalue weighted by Crippen LogP contribution is -2.39. The molecule has 5 heteroatoms. The van der Waals surface area contributed by atoms with Gasteiger partial charge in [0.25, 0.3) is 0 Å². The normalized spacial score (nSPS) is 16.4. The van der Waals surface area contributed by atoms with Gasteiger partial charge in [-0.1, -0.05) is 6.07 Å². The van der Waals surface area contributed by atoms with Crippen LogP contribution >= 0.6 is 0 Å². The Hall–Kier alpha value is -1.65. The molecule has 92 valence electrons. The number of amides is 1. The second-order valence-electron chi connectivity index (χ2n) is 4.25. The van der Waals surface area contributed by atoms with E-state index in [9.17, 15) is 13.6 Å². The molecular formula is C12H14F2N2O. The summed E-state index contributed by atoms with van der Waals surface area (Å²) < 4.78 is 26.6. The molecular weight excluding hydrogens is 226 g/mol. The molecule has 1 amide bonds. The molecule has 0 heterocycles. The molecule has 1 aromatic carbocycles. The summed E-state index contributed by atoms with van der Waals surface area (Å²) in [7, 11) is 0. The van der Waals surface area contributed by atoms with Crippen LogP contribution in [0.1, 0.15) is 19.8 Å². The Labute approximate surface area is 98.2 Å². The molecule has 1 saturated carbocycles. The van der Waals surface area contributed by atoms with Crippen LogP contribution < -0.4 is 10.6 Å². The first-order valence-electron chi connectivity index (χ1n) is 5.59. The number of para-hydroxylation sites is 1. The van der Waals surface area contributed by atoms with Crippen molar-refractivity contribution in [3.63, 3.8) is 0 Å². The van der Waals surface area contributed by atoms with Crippen LogP contribution in [0.5, 0.6) is 0 Å². The van der Waals surface area contributed by atoms with E-state index in [4.69, 9.17) is 0 Å². The maximum Gasteiger partial charge on any atom is 0.242 e. The molecule has 1 aliphatic rings. The lowest BCUT2D eigenvalue weighted by Gasteiger charge is -2.15. The fraction of sp³-hybridized carbons (Fsp3) is 0.417. The SMILES string of the molecule is CC(Nc1c(F)cccc1F)C(=O)NC1CC1. The van der Waals surface area contributed by atoms with Crippen molar-refractivity contribution in [2.75, 3.05) is 5.32 Å². The van der Waals surface area contributed by atoms with Crippen LogP contribution in [0, 0.1) is 11.6 Å². The van der Waals surface area contributed by atoms with Gasteiger partial charge in [0.1, 0.15) is 23.4 Å². The minimum Gasteiger partial charge on any atom is -0.369 e. The van der Waals surface area contributed by atoms with Crippen molar-refractivity contribution in [2.24, 2.45) is 0 Å². The first-order valence-corrected chi connectivity index (χ1v) is 5.59. The molecule has 0 aromatic heterocycles. The Morgan fingerprint density at radius 2 is 1.94 bits per heavy atom. The number of benzene rings is 1. The quantitative estimate of drug-likeness (QED) is 0.845. The van der Waals surface area contributed by atoms with Gasteiger partial charge in [0.05, 0.1) is 0 Å². The van der Waals surface area contributed by atoms with Crippen LogP contribution in [0.4, 0.5) is 14.5 Å². The van der Waals surface area contributed by atoms with Crippen molar-refractivity contribution in [3.8, 4) is 0 Å². The average Bonchev–Trinajstić information content (AvgIpc) is 3.07. The van der Waals surface area contributed by atoms with E-state index in [2.05, 4.69) is 10.6 Å². The zero-order valence-corrected chi connectivity index (χ0v) is 9.47. The number of nitrogens with one attached hydrogen (secondary N) is 2. The van der Waals surface area contributed by atoms with Gasteiger partial charge in [-0.3, -0.25) is 4.79 Å². The highest BCUT2D eigenvalue weighted by Gasteiger charge is 2.26. The van der Waals surface area contributed by atoms with Crippen molar-refractivity contribution in [1.82, 2.24) is 5.32 Å². The summed E-state index contributed by atoms with van der Waals surface area (Å²) in [6, 6.07) is 3.15. The number of carbonyl (C=O) groups is 1. The van der Waals surface area contributed by atoms with Crippen molar-refractivity contribution in [2.45, 2.75) is 31.8 Å². The van der Waals surface area contributed by atoms with Gasteiger partial charge in [0.2, 0.25) is 5.91 Å². The maximum absolute atomic E-state index is 13.3. The molecule has 0 spiro atoms. The fourth-order valence-electron chi connectivity index (χ4n) is 1.47. The number of rotatable bonds is 4. The molecule has 1 aliphatic carbocycles. The molecule has 0 bridgehead atoms. The first kappa shape index (κ1) is 11.8. The Kier molecular flexibility index (Phi) is 3.26. The van der Waals surface area contributed by atoms with E-state index in [0.29, 0.717) is 0 Å². The van der Waals surface area contributed by atoms with Gasteiger partial charge in [0.15, 0.2) is 0 Å². The average molecular weight is 240 g/mol. The van der Waals surface area contributed by atoms with Gasteiger partial charge in [-0.25, -0.2) is 8.78 Å². The van der Waals surface area contributed by atoms with Crippen LogP contribution in [0.15, 0.2) is 18.2 Å². The van der Waals surface area contributed by atoms with Crippen LogP contribution in [-0.4, -0.2) is 18.0 Å². The highest BCUT2D eigenvalue weighted by molar-refractivity contribution is 5.84. The number of carbonyl (C=O) groups excluding carboxylic acids is 1. The zero-order valence-electron chi connectivity index (χ0n) is 9.47. The number of hydrogen-bond donors (Lipinski definition) is 2. The van der Waals surface area contributed by atoms with Gasteiger partial charge < -0.3 is 10.6 Å². The molecule has 1 aromatic rings. The van der Waals surface area contributed by atoms with Gasteiger partial charge in [-0.2, -0.15) is 0 Å². The van der Waals surface area contributed by atoms with Gasteiger partial charge in [0, 0.05) is 6.04 Å². The van der Waals surface area contributed by atoms with Crippen LogP contribution in [0.3, 0.4) is 0 Å². The van der Waals surface area contributed by atoms with Crippen LogP contribution in [0.25, 0.3) is 0 Å². The van der Waals surface area contributed by atoms with Crippen molar-refractivity contribution in [3.05, 3.63) is 29.8 Å². The largest absolute Gasteiger partial charge is 0.369 e. The third-order valence-electron chi connectivity index (χ3n) is 2.64. The summed E-state index contributed by atoms with van der Waals surface area (Å²) in [4.78, 5) is 11.6. The van der Waals surface area contributed by atoms with E-state index in [1.54, 1.807) is 6.92 Å². The second kappa shape index (κ2) is 4.69. The Balaban J connectivity index is 2.01. The van der Waals surface area contributed by atoms with Crippen LogP contribution in [-0.2, 0) is 4.79 Å². The predicted molar refractivity (Wildman–Crippen MR) is 60.6 cm³/mol. The van der Waals surface area contributed by atoms with E-state index in [1.807, 2.05) is 0 Å². The van der Waals surface area contributed by atoms with Crippen molar-refractivity contribution < 1.29 is 13.6 Å². The van der Waals surface area contributed by atoms with Gasteiger partial charge in [-0.15, -0.1) is 0 Å². The van der Waals surface area contributed by atoms with E-state index in [1.165, 1.54) is 6.07 Å². The third-order valence-corrected chi connectivity index (χ3v) is 2.64. The molecule has 1 fully saturated rings. The molecule has 1 atom stereocenters. The molecule has 2 N–H and O–H groups in total. The Bertz CT molecular complexity index is 412. The number of halogens is 2.